The van der Waals surface area contributed by atoms with E-state index in [1.54, 1.807) is 68.6 Å². The maximum absolute atomic E-state index is 14.3. The summed E-state index contributed by atoms with van der Waals surface area (Å²) in [4.78, 5) is 33.4. The van der Waals surface area contributed by atoms with Gasteiger partial charge in [0, 0.05) is 10.7 Å². The number of aromatic nitrogens is 1. The van der Waals surface area contributed by atoms with Crippen molar-refractivity contribution in [2.75, 3.05) is 26.6 Å². The Bertz CT molecular complexity index is 2250. The third-order valence-corrected chi connectivity index (χ3v) is 9.38. The van der Waals surface area contributed by atoms with E-state index in [2.05, 4.69) is 5.32 Å². The first-order chi connectivity index (χ1) is 23.7. The molecule has 1 N–H and O–H groups in total. The Balaban J connectivity index is 1.43. The van der Waals surface area contributed by atoms with E-state index in [-0.39, 0.29) is 18.1 Å². The highest BCUT2D eigenvalue weighted by Gasteiger charge is 2.33. The molecule has 0 bridgehead atoms. The summed E-state index contributed by atoms with van der Waals surface area (Å²) in [7, 11) is 4.60. The average molecular weight is 717 g/mol. The number of allylic oxidation sites excluding steroid dienone is 1. The van der Waals surface area contributed by atoms with Crippen LogP contribution in [-0.2, 0) is 11.4 Å². The summed E-state index contributed by atoms with van der Waals surface area (Å²) in [6.07, 6.45) is 1.72. The smallest absolute Gasteiger partial charge is 0.271 e. The first-order valence-electron chi connectivity index (χ1n) is 15.1. The van der Waals surface area contributed by atoms with Crippen molar-refractivity contribution in [3.63, 3.8) is 0 Å². The Morgan fingerprint density at radius 1 is 0.918 bits per heavy atom. The first kappa shape index (κ1) is 33.9. The summed E-state index contributed by atoms with van der Waals surface area (Å²) in [5, 5.41) is 3.90. The number of nitrogens with one attached hydrogen (secondary N) is 1. The van der Waals surface area contributed by atoms with Crippen LogP contribution in [0.1, 0.15) is 29.7 Å². The minimum atomic E-state index is -0.816. The van der Waals surface area contributed by atoms with Gasteiger partial charge in [-0.1, -0.05) is 70.9 Å². The number of rotatable bonds is 10. The summed E-state index contributed by atoms with van der Waals surface area (Å²) in [5.74, 6) is 1.36. The lowest BCUT2D eigenvalue weighted by Crippen LogP contribution is -2.40. The SMILES string of the molecule is COc1ccc([C@H]2C(C(=O)Nc3ccccc3)=C(C)N=c3s/c(=C\c4cc(Cl)c(OCc5ccc(Cl)cc5)c(OC)c4)c(=O)n32)cc1OC. The number of nitrogens with zero attached hydrogens (tertiary/aromatic N) is 2. The topological polar surface area (TPSA) is 100 Å². The standard InChI is InChI=1S/C37H31Cl2N3O6S/c1-21-32(35(43)41-26-8-6-5-7-9-26)33(24-12-15-28(45-2)29(19-24)46-3)42-36(44)31(49-37(42)40-21)18-23-16-27(39)34(30(17-23)47-4)48-20-22-10-13-25(38)14-11-22/h5-19,33H,20H2,1-4H3,(H,41,43)/b31-18-/t33-/m0/s1. The zero-order chi connectivity index (χ0) is 34.7. The van der Waals surface area contributed by atoms with E-state index in [9.17, 15) is 9.59 Å². The maximum atomic E-state index is 14.3. The van der Waals surface area contributed by atoms with Crippen molar-refractivity contribution in [1.29, 1.82) is 0 Å². The number of thiazole rings is 1. The number of anilines is 1. The Morgan fingerprint density at radius 3 is 2.33 bits per heavy atom. The minimum Gasteiger partial charge on any atom is -0.493 e. The summed E-state index contributed by atoms with van der Waals surface area (Å²) in [6, 6.07) is 24.4. The number of carbonyl (C=O) groups is 1. The number of halogens is 2. The van der Waals surface area contributed by atoms with Gasteiger partial charge in [-0.3, -0.25) is 14.2 Å². The van der Waals surface area contributed by atoms with Crippen LogP contribution in [0.15, 0.2) is 106 Å². The van der Waals surface area contributed by atoms with Crippen molar-refractivity contribution in [2.24, 2.45) is 4.99 Å². The molecule has 9 nitrogen and oxygen atoms in total. The fraction of sp³-hybridized carbons (Fsp3) is 0.162. The quantitative estimate of drug-likeness (QED) is 0.171. The van der Waals surface area contributed by atoms with Crippen LogP contribution in [0.4, 0.5) is 5.69 Å². The monoisotopic (exact) mass is 715 g/mol. The molecule has 0 saturated heterocycles. The largest absolute Gasteiger partial charge is 0.493 e. The molecule has 1 aliphatic heterocycles. The molecule has 1 aromatic heterocycles. The van der Waals surface area contributed by atoms with Crippen LogP contribution < -0.4 is 39.2 Å². The molecule has 12 heteroatoms. The van der Waals surface area contributed by atoms with E-state index in [4.69, 9.17) is 47.1 Å². The molecule has 0 fully saturated rings. The molecule has 4 aromatic carbocycles. The fourth-order valence-electron chi connectivity index (χ4n) is 5.52. The van der Waals surface area contributed by atoms with Crippen molar-refractivity contribution in [3.8, 4) is 23.0 Å². The molecule has 0 unspecified atom stereocenters. The number of hydrogen-bond donors (Lipinski definition) is 1. The first-order valence-corrected chi connectivity index (χ1v) is 16.6. The molecule has 1 amide bonds. The van der Waals surface area contributed by atoms with Gasteiger partial charge in [0.25, 0.3) is 11.5 Å². The van der Waals surface area contributed by atoms with Crippen molar-refractivity contribution in [3.05, 3.63) is 143 Å². The zero-order valence-electron chi connectivity index (χ0n) is 27.0. The number of para-hydroxylation sites is 1. The van der Waals surface area contributed by atoms with Gasteiger partial charge in [-0.05, 0) is 78.2 Å². The maximum Gasteiger partial charge on any atom is 0.271 e. The number of ether oxygens (including phenoxy) is 4. The summed E-state index contributed by atoms with van der Waals surface area (Å²) >= 11 is 13.9. The van der Waals surface area contributed by atoms with Crippen LogP contribution in [0.25, 0.3) is 6.08 Å². The highest BCUT2D eigenvalue weighted by atomic mass is 35.5. The van der Waals surface area contributed by atoms with Crippen molar-refractivity contribution < 1.29 is 23.7 Å². The second-order valence-electron chi connectivity index (χ2n) is 11.0. The van der Waals surface area contributed by atoms with E-state index in [0.29, 0.717) is 70.5 Å². The summed E-state index contributed by atoms with van der Waals surface area (Å²) in [6.45, 7) is 2.01. The van der Waals surface area contributed by atoms with Crippen LogP contribution in [0, 0.1) is 0 Å². The highest BCUT2D eigenvalue weighted by Crippen LogP contribution is 2.38. The lowest BCUT2D eigenvalue weighted by Gasteiger charge is -2.26. The van der Waals surface area contributed by atoms with E-state index in [1.807, 2.05) is 36.4 Å². The van der Waals surface area contributed by atoms with Crippen LogP contribution in [-0.4, -0.2) is 31.8 Å². The molecule has 5 aromatic rings. The van der Waals surface area contributed by atoms with Crippen molar-refractivity contribution in [2.45, 2.75) is 19.6 Å². The van der Waals surface area contributed by atoms with E-state index in [0.717, 1.165) is 5.56 Å². The number of hydrogen-bond acceptors (Lipinski definition) is 8. The van der Waals surface area contributed by atoms with Crippen molar-refractivity contribution in [1.82, 2.24) is 4.57 Å². The van der Waals surface area contributed by atoms with Gasteiger partial charge < -0.3 is 24.3 Å². The lowest BCUT2D eigenvalue weighted by atomic mass is 9.94. The molecular formula is C37H31Cl2N3O6S. The predicted octanol–water partition coefficient (Wildman–Crippen LogP) is 6.79. The van der Waals surface area contributed by atoms with Crippen LogP contribution in [0.5, 0.6) is 23.0 Å². The second-order valence-corrected chi connectivity index (χ2v) is 12.8. The Kier molecular flexibility index (Phi) is 10.1. The van der Waals surface area contributed by atoms with Crippen LogP contribution >= 0.6 is 34.5 Å². The normalized spacial score (nSPS) is 14.2. The Hall–Kier alpha value is -5.03. The van der Waals surface area contributed by atoms with E-state index in [1.165, 1.54) is 30.1 Å². The lowest BCUT2D eigenvalue weighted by molar-refractivity contribution is -0.113. The molecule has 0 spiro atoms. The third-order valence-electron chi connectivity index (χ3n) is 7.87. The van der Waals surface area contributed by atoms with Gasteiger partial charge in [-0.25, -0.2) is 4.99 Å². The minimum absolute atomic E-state index is 0.251. The molecule has 49 heavy (non-hydrogen) atoms. The summed E-state index contributed by atoms with van der Waals surface area (Å²) < 4.78 is 24.6. The number of carbonyl (C=O) groups excluding carboxylic acids is 1. The Labute approximate surface area is 296 Å². The molecule has 1 aliphatic rings. The molecule has 0 aliphatic carbocycles. The molecule has 6 rings (SSSR count). The third kappa shape index (κ3) is 7.07. The zero-order valence-corrected chi connectivity index (χ0v) is 29.3. The predicted molar refractivity (Wildman–Crippen MR) is 192 cm³/mol. The van der Waals surface area contributed by atoms with Gasteiger partial charge in [0.15, 0.2) is 27.8 Å². The van der Waals surface area contributed by atoms with Gasteiger partial charge in [0.05, 0.1) is 48.2 Å². The second kappa shape index (κ2) is 14.6. The van der Waals surface area contributed by atoms with E-state index < -0.39 is 6.04 Å². The highest BCUT2D eigenvalue weighted by molar-refractivity contribution is 7.07. The number of benzene rings is 4. The molecule has 0 saturated carbocycles. The molecule has 1 atom stereocenters. The van der Waals surface area contributed by atoms with Gasteiger partial charge >= 0.3 is 0 Å². The Morgan fingerprint density at radius 2 is 1.63 bits per heavy atom. The molecule has 250 valence electrons. The van der Waals surface area contributed by atoms with E-state index >= 15 is 0 Å². The van der Waals surface area contributed by atoms with Gasteiger partial charge in [-0.15, -0.1) is 0 Å². The molecule has 0 radical (unpaired) electrons. The van der Waals surface area contributed by atoms with Crippen molar-refractivity contribution >= 4 is 52.2 Å². The summed E-state index contributed by atoms with van der Waals surface area (Å²) in [5.41, 5.74) is 3.25. The number of fused-ring (bicyclic) bond motifs is 1. The molecular weight excluding hydrogens is 685 g/mol. The van der Waals surface area contributed by atoms with Gasteiger partial charge in [0.2, 0.25) is 0 Å². The molecule has 2 heterocycles. The average Bonchev–Trinajstić information content (AvgIpc) is 3.41. The van der Waals surface area contributed by atoms with Gasteiger partial charge in [0.1, 0.15) is 6.61 Å². The van der Waals surface area contributed by atoms with Gasteiger partial charge in [-0.2, -0.15) is 0 Å². The fourth-order valence-corrected chi connectivity index (χ4v) is 6.97. The van der Waals surface area contributed by atoms with Crippen LogP contribution in [0.2, 0.25) is 10.0 Å². The van der Waals surface area contributed by atoms with Crippen LogP contribution in [0.3, 0.4) is 0 Å². The number of amides is 1. The number of methoxy groups -OCH3 is 3.